The van der Waals surface area contributed by atoms with Crippen LogP contribution in [0.25, 0.3) is 0 Å². The van der Waals surface area contributed by atoms with E-state index in [-0.39, 0.29) is 16.7 Å². The molecular formula is C20H18FS+. The van der Waals surface area contributed by atoms with Crippen LogP contribution in [0.15, 0.2) is 87.5 Å². The average molecular weight is 309 g/mol. The molecule has 0 unspecified atom stereocenters. The van der Waals surface area contributed by atoms with Gasteiger partial charge in [0.25, 0.3) is 0 Å². The third-order valence-electron chi connectivity index (χ3n) is 3.56. The minimum absolute atomic E-state index is 0.194. The van der Waals surface area contributed by atoms with Gasteiger partial charge in [-0.25, -0.2) is 4.39 Å². The van der Waals surface area contributed by atoms with Crippen molar-refractivity contribution in [2.45, 2.75) is 28.5 Å². The standard InChI is InChI=1S/C20H18FS/c1-15-3-9-18(10-4-15)22(19-11-5-16(2)6-12-19)20-13-7-17(21)8-14-20/h3-14H,1-2H3/q+1. The number of hydrogen-bond acceptors (Lipinski definition) is 0. The second-order valence-corrected chi connectivity index (χ2v) is 7.41. The highest BCUT2D eigenvalue weighted by Gasteiger charge is 2.28. The maximum Gasteiger partial charge on any atom is 0.166 e. The zero-order valence-electron chi connectivity index (χ0n) is 12.7. The number of halogens is 1. The van der Waals surface area contributed by atoms with Gasteiger partial charge in [0.05, 0.1) is 10.9 Å². The summed E-state index contributed by atoms with van der Waals surface area (Å²) in [5, 5.41) is 0. The summed E-state index contributed by atoms with van der Waals surface area (Å²) in [6.07, 6.45) is 0. The van der Waals surface area contributed by atoms with Gasteiger partial charge in [0.1, 0.15) is 5.82 Å². The van der Waals surface area contributed by atoms with Gasteiger partial charge < -0.3 is 0 Å². The molecule has 0 nitrogen and oxygen atoms in total. The first-order valence-corrected chi connectivity index (χ1v) is 8.49. The Labute approximate surface area is 134 Å². The predicted molar refractivity (Wildman–Crippen MR) is 90.9 cm³/mol. The molecular weight excluding hydrogens is 291 g/mol. The number of hydrogen-bond donors (Lipinski definition) is 0. The van der Waals surface area contributed by atoms with Crippen LogP contribution in [-0.2, 0) is 10.9 Å². The second kappa shape index (κ2) is 6.37. The lowest BCUT2D eigenvalue weighted by molar-refractivity contribution is 0.626. The molecule has 3 aromatic carbocycles. The van der Waals surface area contributed by atoms with Crippen LogP contribution in [0.4, 0.5) is 4.39 Å². The highest BCUT2D eigenvalue weighted by Crippen LogP contribution is 2.31. The molecule has 0 heterocycles. The summed E-state index contributed by atoms with van der Waals surface area (Å²) in [6.45, 7) is 4.18. The quantitative estimate of drug-likeness (QED) is 0.557. The van der Waals surface area contributed by atoms with Crippen molar-refractivity contribution >= 4 is 10.9 Å². The molecule has 0 saturated heterocycles. The van der Waals surface area contributed by atoms with Gasteiger partial charge in [0.2, 0.25) is 0 Å². The summed E-state index contributed by atoms with van der Waals surface area (Å²) >= 11 is 0. The summed E-state index contributed by atoms with van der Waals surface area (Å²) in [4.78, 5) is 3.64. The lowest BCUT2D eigenvalue weighted by Gasteiger charge is -2.08. The molecule has 0 aromatic heterocycles. The van der Waals surface area contributed by atoms with Crippen LogP contribution < -0.4 is 0 Å². The molecule has 0 amide bonds. The summed E-state index contributed by atoms with van der Waals surface area (Å²) in [5.41, 5.74) is 2.49. The van der Waals surface area contributed by atoms with E-state index in [4.69, 9.17) is 0 Å². The van der Waals surface area contributed by atoms with E-state index in [1.54, 1.807) is 0 Å². The fraction of sp³-hybridized carbons (Fsp3) is 0.100. The van der Waals surface area contributed by atoms with E-state index >= 15 is 0 Å². The van der Waals surface area contributed by atoms with Crippen molar-refractivity contribution in [3.05, 3.63) is 89.7 Å². The topological polar surface area (TPSA) is 0 Å². The van der Waals surface area contributed by atoms with E-state index in [0.717, 1.165) is 4.90 Å². The molecule has 0 radical (unpaired) electrons. The van der Waals surface area contributed by atoms with E-state index in [9.17, 15) is 4.39 Å². The zero-order valence-corrected chi connectivity index (χ0v) is 13.5. The van der Waals surface area contributed by atoms with Gasteiger partial charge in [-0.3, -0.25) is 0 Å². The highest BCUT2D eigenvalue weighted by atomic mass is 32.2. The van der Waals surface area contributed by atoms with E-state index in [1.165, 1.54) is 33.1 Å². The molecule has 110 valence electrons. The van der Waals surface area contributed by atoms with E-state index in [2.05, 4.69) is 62.4 Å². The van der Waals surface area contributed by atoms with Crippen LogP contribution in [0, 0.1) is 19.7 Å². The average Bonchev–Trinajstić information content (AvgIpc) is 2.53. The van der Waals surface area contributed by atoms with Crippen LogP contribution in [0.2, 0.25) is 0 Å². The molecule has 0 aliphatic carbocycles. The first-order chi connectivity index (χ1) is 10.6. The Morgan fingerprint density at radius 1 is 0.545 bits per heavy atom. The molecule has 3 aromatic rings. The zero-order chi connectivity index (χ0) is 15.5. The predicted octanol–water partition coefficient (Wildman–Crippen LogP) is 5.54. The minimum Gasteiger partial charge on any atom is -0.207 e. The van der Waals surface area contributed by atoms with Gasteiger partial charge in [-0.05, 0) is 62.4 Å². The minimum atomic E-state index is -0.206. The Kier molecular flexibility index (Phi) is 4.30. The van der Waals surface area contributed by atoms with Crippen molar-refractivity contribution in [1.29, 1.82) is 0 Å². The van der Waals surface area contributed by atoms with Gasteiger partial charge in [-0.1, -0.05) is 35.4 Å². The van der Waals surface area contributed by atoms with Crippen LogP contribution in [0.1, 0.15) is 11.1 Å². The van der Waals surface area contributed by atoms with E-state index in [0.29, 0.717) is 0 Å². The Hall–Kier alpha value is -2.06. The third-order valence-corrected chi connectivity index (χ3v) is 5.79. The summed E-state index contributed by atoms with van der Waals surface area (Å²) in [7, 11) is -0.206. The summed E-state index contributed by atoms with van der Waals surface area (Å²) in [6, 6.07) is 24.1. The fourth-order valence-corrected chi connectivity index (χ4v) is 4.37. The fourth-order valence-electron chi connectivity index (χ4n) is 2.33. The van der Waals surface area contributed by atoms with Gasteiger partial charge in [-0.15, -0.1) is 0 Å². The molecule has 0 saturated carbocycles. The van der Waals surface area contributed by atoms with Crippen molar-refractivity contribution in [3.8, 4) is 0 Å². The largest absolute Gasteiger partial charge is 0.207 e. The first kappa shape index (κ1) is 14.9. The molecule has 0 N–H and O–H groups in total. The molecule has 0 atom stereocenters. The number of benzene rings is 3. The SMILES string of the molecule is Cc1ccc([S+](c2ccc(C)cc2)c2ccc(F)cc2)cc1. The maximum atomic E-state index is 13.3. The molecule has 0 spiro atoms. The van der Waals surface area contributed by atoms with Gasteiger partial charge in [-0.2, -0.15) is 0 Å². The molecule has 0 aliphatic heterocycles. The molecule has 0 aliphatic rings. The molecule has 22 heavy (non-hydrogen) atoms. The van der Waals surface area contributed by atoms with Crippen molar-refractivity contribution in [2.24, 2.45) is 0 Å². The second-order valence-electron chi connectivity index (χ2n) is 5.39. The van der Waals surface area contributed by atoms with Crippen molar-refractivity contribution in [2.75, 3.05) is 0 Å². The number of aryl methyl sites for hydroxylation is 2. The lowest BCUT2D eigenvalue weighted by Crippen LogP contribution is -2.05. The van der Waals surface area contributed by atoms with E-state index < -0.39 is 0 Å². The van der Waals surface area contributed by atoms with Crippen LogP contribution in [-0.4, -0.2) is 0 Å². The Balaban J connectivity index is 2.10. The van der Waals surface area contributed by atoms with Gasteiger partial charge in [0, 0.05) is 0 Å². The van der Waals surface area contributed by atoms with Gasteiger partial charge in [0.15, 0.2) is 14.7 Å². The summed E-state index contributed by atoms with van der Waals surface area (Å²) < 4.78 is 13.3. The lowest BCUT2D eigenvalue weighted by atomic mass is 10.2. The molecule has 3 rings (SSSR count). The van der Waals surface area contributed by atoms with E-state index in [1.807, 2.05) is 12.1 Å². The Bertz CT molecular complexity index is 635. The Morgan fingerprint density at radius 3 is 1.23 bits per heavy atom. The summed E-state index contributed by atoms with van der Waals surface area (Å²) in [5.74, 6) is -0.194. The smallest absolute Gasteiger partial charge is 0.166 e. The third kappa shape index (κ3) is 3.23. The molecule has 0 bridgehead atoms. The maximum absolute atomic E-state index is 13.3. The molecule has 2 heteroatoms. The first-order valence-electron chi connectivity index (χ1n) is 7.27. The van der Waals surface area contributed by atoms with Crippen molar-refractivity contribution in [3.63, 3.8) is 0 Å². The van der Waals surface area contributed by atoms with Gasteiger partial charge >= 0.3 is 0 Å². The normalized spacial score (nSPS) is 10.9. The van der Waals surface area contributed by atoms with Crippen LogP contribution in [0.3, 0.4) is 0 Å². The van der Waals surface area contributed by atoms with Crippen molar-refractivity contribution < 1.29 is 4.39 Å². The van der Waals surface area contributed by atoms with Crippen LogP contribution >= 0.6 is 0 Å². The van der Waals surface area contributed by atoms with Crippen LogP contribution in [0.5, 0.6) is 0 Å². The van der Waals surface area contributed by atoms with Crippen molar-refractivity contribution in [1.82, 2.24) is 0 Å². The monoisotopic (exact) mass is 309 g/mol. The Morgan fingerprint density at radius 2 is 0.864 bits per heavy atom. The number of rotatable bonds is 3. The molecule has 0 fully saturated rings. The highest BCUT2D eigenvalue weighted by molar-refractivity contribution is 7.97.